The highest BCUT2D eigenvalue weighted by molar-refractivity contribution is 5.76. The summed E-state index contributed by atoms with van der Waals surface area (Å²) in [6.45, 7) is 3.34. The van der Waals surface area contributed by atoms with Crippen molar-refractivity contribution in [1.82, 2.24) is 0 Å². The van der Waals surface area contributed by atoms with E-state index >= 15 is 0 Å². The van der Waals surface area contributed by atoms with Crippen molar-refractivity contribution in [2.24, 2.45) is 0 Å². The molecule has 1 unspecified atom stereocenters. The Bertz CT molecular complexity index is 801. The number of benzene rings is 2. The Balaban J connectivity index is 2.33. The van der Waals surface area contributed by atoms with Crippen molar-refractivity contribution in [3.63, 3.8) is 0 Å². The van der Waals surface area contributed by atoms with E-state index in [9.17, 15) is 13.6 Å². The van der Waals surface area contributed by atoms with Crippen LogP contribution < -0.4 is 14.2 Å². The van der Waals surface area contributed by atoms with Gasteiger partial charge in [-0.15, -0.1) is 0 Å². The van der Waals surface area contributed by atoms with Crippen LogP contribution in [-0.2, 0) is 14.3 Å². The normalized spacial score (nSPS) is 11.6. The van der Waals surface area contributed by atoms with Crippen molar-refractivity contribution in [2.45, 2.75) is 20.0 Å². The number of hydrogen-bond acceptors (Lipinski definition) is 6. The molecule has 8 heteroatoms. The van der Waals surface area contributed by atoms with Crippen molar-refractivity contribution < 1.29 is 37.3 Å². The van der Waals surface area contributed by atoms with Gasteiger partial charge in [-0.1, -0.05) is 0 Å². The van der Waals surface area contributed by atoms with Crippen LogP contribution >= 0.6 is 0 Å². The maximum Gasteiger partial charge on any atom is 0.340 e. The minimum atomic E-state index is -1.50. The first-order chi connectivity index (χ1) is 13.4. The summed E-state index contributed by atoms with van der Waals surface area (Å²) >= 11 is 0. The molecule has 0 bridgehead atoms. The Labute approximate surface area is 161 Å². The largest absolute Gasteiger partial charge is 0.493 e. The molecule has 0 radical (unpaired) electrons. The topological polar surface area (TPSA) is 63.2 Å². The predicted octanol–water partition coefficient (Wildman–Crippen LogP) is 4.42. The second-order valence-electron chi connectivity index (χ2n) is 5.51. The van der Waals surface area contributed by atoms with Gasteiger partial charge < -0.3 is 23.7 Å². The molecule has 0 fully saturated rings. The second-order valence-corrected chi connectivity index (χ2v) is 5.51. The van der Waals surface area contributed by atoms with Crippen LogP contribution in [0.5, 0.6) is 23.0 Å². The highest BCUT2D eigenvalue weighted by Gasteiger charge is 2.29. The molecule has 0 saturated carbocycles. The van der Waals surface area contributed by atoms with Crippen LogP contribution in [0.4, 0.5) is 8.78 Å². The molecule has 0 N–H and O–H groups in total. The van der Waals surface area contributed by atoms with Crippen LogP contribution in [0.3, 0.4) is 0 Å². The first kappa shape index (κ1) is 21.4. The van der Waals surface area contributed by atoms with E-state index in [4.69, 9.17) is 23.7 Å². The zero-order valence-corrected chi connectivity index (χ0v) is 16.1. The summed E-state index contributed by atoms with van der Waals surface area (Å²) in [5.41, 5.74) is -0.528. The van der Waals surface area contributed by atoms with Gasteiger partial charge in [0.2, 0.25) is 0 Å². The molecular formula is C20H22F2O6. The van der Waals surface area contributed by atoms with Crippen LogP contribution in [0.15, 0.2) is 30.3 Å². The van der Waals surface area contributed by atoms with Crippen LogP contribution in [-0.4, -0.2) is 33.4 Å². The third kappa shape index (κ3) is 4.89. The fourth-order valence-electron chi connectivity index (χ4n) is 2.54. The van der Waals surface area contributed by atoms with Gasteiger partial charge in [-0.2, -0.15) is 0 Å². The fourth-order valence-corrected chi connectivity index (χ4v) is 2.54. The van der Waals surface area contributed by atoms with E-state index in [-0.39, 0.29) is 24.7 Å². The lowest BCUT2D eigenvalue weighted by molar-refractivity contribution is -0.157. The molecule has 28 heavy (non-hydrogen) atoms. The Morgan fingerprint density at radius 1 is 0.929 bits per heavy atom. The molecule has 1 atom stereocenters. The van der Waals surface area contributed by atoms with Gasteiger partial charge in [0.25, 0.3) is 0 Å². The molecule has 0 saturated heterocycles. The Morgan fingerprint density at radius 3 is 2.11 bits per heavy atom. The summed E-state index contributed by atoms with van der Waals surface area (Å²) in [6, 6.07) is 6.62. The fraction of sp³-hybridized carbons (Fsp3) is 0.350. The third-order valence-corrected chi connectivity index (χ3v) is 3.74. The minimum absolute atomic E-state index is 0.0616. The number of rotatable bonds is 9. The lowest BCUT2D eigenvalue weighted by atomic mass is 10.1. The quantitative estimate of drug-likeness (QED) is 0.585. The van der Waals surface area contributed by atoms with Crippen molar-refractivity contribution in [1.29, 1.82) is 0 Å². The number of halogens is 2. The Morgan fingerprint density at radius 2 is 1.57 bits per heavy atom. The average molecular weight is 396 g/mol. The van der Waals surface area contributed by atoms with Crippen molar-refractivity contribution in [3.05, 3.63) is 47.5 Å². The standard InChI is InChI=1S/C20H22F2O6/c1-5-26-19(20(23)27-6-2)18-14(21)9-13(10-15(18)22)28-12-7-8-16(24-3)17(11-12)25-4/h7-11,19H,5-6H2,1-4H3. The van der Waals surface area contributed by atoms with Crippen molar-refractivity contribution in [3.8, 4) is 23.0 Å². The Kier molecular flexibility index (Phi) is 7.57. The van der Waals surface area contributed by atoms with Crippen molar-refractivity contribution >= 4 is 5.97 Å². The first-order valence-electron chi connectivity index (χ1n) is 8.62. The average Bonchev–Trinajstić information content (AvgIpc) is 2.66. The number of carbonyl (C=O) groups is 1. The maximum absolute atomic E-state index is 14.6. The van der Waals surface area contributed by atoms with E-state index in [0.717, 1.165) is 12.1 Å². The molecule has 2 aromatic carbocycles. The molecule has 0 spiro atoms. The zero-order valence-electron chi connectivity index (χ0n) is 16.1. The van der Waals surface area contributed by atoms with Gasteiger partial charge in [-0.05, 0) is 26.0 Å². The van der Waals surface area contributed by atoms with E-state index in [2.05, 4.69) is 0 Å². The van der Waals surface area contributed by atoms with Gasteiger partial charge in [-0.3, -0.25) is 0 Å². The van der Waals surface area contributed by atoms with Crippen LogP contribution in [0, 0.1) is 11.6 Å². The summed E-state index contributed by atoms with van der Waals surface area (Å²) in [5.74, 6) is -1.76. The third-order valence-electron chi connectivity index (χ3n) is 3.74. The van der Waals surface area contributed by atoms with Crippen molar-refractivity contribution in [2.75, 3.05) is 27.4 Å². The summed E-state index contributed by atoms with van der Waals surface area (Å²) < 4.78 is 55.0. The van der Waals surface area contributed by atoms with E-state index in [1.807, 2.05) is 0 Å². The summed E-state index contributed by atoms with van der Waals surface area (Å²) in [6.07, 6.45) is -1.50. The predicted molar refractivity (Wildman–Crippen MR) is 97.0 cm³/mol. The summed E-state index contributed by atoms with van der Waals surface area (Å²) in [4.78, 5) is 12.0. The number of esters is 1. The van der Waals surface area contributed by atoms with Crippen LogP contribution in [0.25, 0.3) is 0 Å². The lowest BCUT2D eigenvalue weighted by Gasteiger charge is -2.18. The molecule has 6 nitrogen and oxygen atoms in total. The van der Waals surface area contributed by atoms with Crippen LogP contribution in [0.2, 0.25) is 0 Å². The van der Waals surface area contributed by atoms with E-state index in [1.54, 1.807) is 26.0 Å². The maximum atomic E-state index is 14.6. The zero-order chi connectivity index (χ0) is 20.7. The molecule has 0 aromatic heterocycles. The molecule has 2 rings (SSSR count). The molecule has 0 heterocycles. The molecule has 2 aromatic rings. The van der Waals surface area contributed by atoms with Gasteiger partial charge in [0.15, 0.2) is 17.6 Å². The Hall–Kier alpha value is -2.87. The lowest BCUT2D eigenvalue weighted by Crippen LogP contribution is -2.21. The molecule has 0 aliphatic heterocycles. The van der Waals surface area contributed by atoms with Gasteiger partial charge in [0.05, 0.1) is 26.4 Å². The molecule has 0 amide bonds. The van der Waals surface area contributed by atoms with E-state index in [1.165, 1.54) is 20.3 Å². The smallest absolute Gasteiger partial charge is 0.340 e. The number of carbonyl (C=O) groups excluding carboxylic acids is 1. The first-order valence-corrected chi connectivity index (χ1v) is 8.62. The molecule has 0 aliphatic carbocycles. The monoisotopic (exact) mass is 396 g/mol. The van der Waals surface area contributed by atoms with Gasteiger partial charge in [0, 0.05) is 24.8 Å². The second kappa shape index (κ2) is 9.89. The highest BCUT2D eigenvalue weighted by atomic mass is 19.1. The summed E-state index contributed by atoms with van der Waals surface area (Å²) in [5, 5.41) is 0. The number of ether oxygens (including phenoxy) is 5. The van der Waals surface area contributed by atoms with Gasteiger partial charge in [0.1, 0.15) is 23.1 Å². The number of hydrogen-bond donors (Lipinski definition) is 0. The SMILES string of the molecule is CCOC(=O)C(OCC)c1c(F)cc(Oc2ccc(OC)c(OC)c2)cc1F. The minimum Gasteiger partial charge on any atom is -0.493 e. The number of methoxy groups -OCH3 is 2. The summed E-state index contributed by atoms with van der Waals surface area (Å²) in [7, 11) is 2.94. The molecule has 152 valence electrons. The highest BCUT2D eigenvalue weighted by Crippen LogP contribution is 2.35. The van der Waals surface area contributed by atoms with E-state index in [0.29, 0.717) is 11.5 Å². The molecular weight excluding hydrogens is 374 g/mol. The van der Waals surface area contributed by atoms with Gasteiger partial charge in [-0.25, -0.2) is 13.6 Å². The molecule has 0 aliphatic rings. The van der Waals surface area contributed by atoms with Crippen LogP contribution in [0.1, 0.15) is 25.5 Å². The van der Waals surface area contributed by atoms with E-state index < -0.39 is 29.3 Å². The van der Waals surface area contributed by atoms with Gasteiger partial charge >= 0.3 is 5.97 Å².